The van der Waals surface area contributed by atoms with Crippen LogP contribution in [0.2, 0.25) is 0 Å². The summed E-state index contributed by atoms with van der Waals surface area (Å²) in [7, 11) is 0. The van der Waals surface area contributed by atoms with Crippen molar-refractivity contribution in [2.75, 3.05) is 6.61 Å². The van der Waals surface area contributed by atoms with E-state index in [9.17, 15) is 15.0 Å². The van der Waals surface area contributed by atoms with Crippen LogP contribution < -0.4 is 5.32 Å². The first-order valence-corrected chi connectivity index (χ1v) is 31.0. The van der Waals surface area contributed by atoms with Crippen LogP contribution in [0, 0.1) is 0 Å². The fraction of sp³-hybridized carbons (Fsp3) is 0.746. The molecule has 2 unspecified atom stereocenters. The number of amides is 1. The average Bonchev–Trinajstić information content (AvgIpc) is 3.37. The van der Waals surface area contributed by atoms with E-state index in [1.165, 1.54) is 212 Å². The van der Waals surface area contributed by atoms with E-state index in [4.69, 9.17) is 0 Å². The van der Waals surface area contributed by atoms with E-state index in [1.54, 1.807) is 6.08 Å². The molecule has 0 spiro atoms. The van der Waals surface area contributed by atoms with Crippen molar-refractivity contribution in [2.24, 2.45) is 0 Å². The second kappa shape index (κ2) is 61.6. The van der Waals surface area contributed by atoms with Crippen LogP contribution in [0.4, 0.5) is 0 Å². The number of carbonyl (C=O) groups is 1. The van der Waals surface area contributed by atoms with Crippen molar-refractivity contribution in [3.8, 4) is 0 Å². The Kier molecular flexibility index (Phi) is 59.3. The van der Waals surface area contributed by atoms with Gasteiger partial charge in [-0.05, 0) is 77.0 Å². The molecule has 2 atom stereocenters. The average molecular weight is 987 g/mol. The number of aliphatic hydroxyl groups excluding tert-OH is 2. The first kappa shape index (κ1) is 68.3. The zero-order valence-corrected chi connectivity index (χ0v) is 47.2. The maximum atomic E-state index is 12.5. The van der Waals surface area contributed by atoms with Crippen molar-refractivity contribution >= 4 is 5.91 Å². The Bertz CT molecular complexity index is 1300. The normalized spacial score (nSPS) is 13.5. The highest BCUT2D eigenvalue weighted by molar-refractivity contribution is 5.76. The quantitative estimate of drug-likeness (QED) is 0.0420. The monoisotopic (exact) mass is 986 g/mol. The fourth-order valence-corrected chi connectivity index (χ4v) is 9.16. The maximum absolute atomic E-state index is 12.5. The second-order valence-electron chi connectivity index (χ2n) is 20.7. The van der Waals surface area contributed by atoms with Gasteiger partial charge < -0.3 is 15.5 Å². The van der Waals surface area contributed by atoms with Crippen LogP contribution in [0.5, 0.6) is 0 Å². The third-order valence-electron chi connectivity index (χ3n) is 13.8. The molecule has 4 heteroatoms. The summed E-state index contributed by atoms with van der Waals surface area (Å²) in [6, 6.07) is -0.626. The van der Waals surface area contributed by atoms with Crippen LogP contribution in [-0.2, 0) is 4.79 Å². The highest BCUT2D eigenvalue weighted by atomic mass is 16.3. The summed E-state index contributed by atoms with van der Waals surface area (Å²) < 4.78 is 0. The Labute approximate surface area is 443 Å². The maximum Gasteiger partial charge on any atom is 0.220 e. The molecule has 0 saturated heterocycles. The summed E-state index contributed by atoms with van der Waals surface area (Å²) in [4.78, 5) is 12.5. The summed E-state index contributed by atoms with van der Waals surface area (Å²) in [5.74, 6) is -0.0626. The molecule has 0 fully saturated rings. The van der Waals surface area contributed by atoms with E-state index in [1.807, 2.05) is 6.08 Å². The highest BCUT2D eigenvalue weighted by Crippen LogP contribution is 2.17. The topological polar surface area (TPSA) is 69.6 Å². The summed E-state index contributed by atoms with van der Waals surface area (Å²) >= 11 is 0. The van der Waals surface area contributed by atoms with Crippen molar-refractivity contribution in [3.05, 3.63) is 97.2 Å². The molecule has 0 aromatic carbocycles. The van der Waals surface area contributed by atoms with Gasteiger partial charge in [-0.2, -0.15) is 0 Å². The van der Waals surface area contributed by atoms with Crippen LogP contribution in [0.25, 0.3) is 0 Å². The van der Waals surface area contributed by atoms with E-state index in [0.29, 0.717) is 6.42 Å². The molecule has 0 aromatic heterocycles. The molecule has 71 heavy (non-hydrogen) atoms. The Morgan fingerprint density at radius 1 is 0.352 bits per heavy atom. The molecule has 3 N–H and O–H groups in total. The van der Waals surface area contributed by atoms with Crippen molar-refractivity contribution in [1.29, 1.82) is 0 Å². The van der Waals surface area contributed by atoms with Gasteiger partial charge in [0.1, 0.15) is 0 Å². The molecule has 0 aromatic rings. The predicted molar refractivity (Wildman–Crippen MR) is 317 cm³/mol. The second-order valence-corrected chi connectivity index (χ2v) is 20.7. The van der Waals surface area contributed by atoms with Crippen LogP contribution in [0.15, 0.2) is 97.2 Å². The van der Waals surface area contributed by atoms with Crippen LogP contribution >= 0.6 is 0 Å². The zero-order chi connectivity index (χ0) is 51.3. The summed E-state index contributed by atoms with van der Waals surface area (Å²) in [5, 5.41) is 23.2. The Morgan fingerprint density at radius 2 is 0.620 bits per heavy atom. The molecule has 0 aliphatic rings. The smallest absolute Gasteiger partial charge is 0.220 e. The van der Waals surface area contributed by atoms with E-state index in [-0.39, 0.29) is 12.5 Å². The van der Waals surface area contributed by atoms with Crippen molar-refractivity contribution in [2.45, 2.75) is 315 Å². The lowest BCUT2D eigenvalue weighted by molar-refractivity contribution is -0.123. The van der Waals surface area contributed by atoms with Gasteiger partial charge in [0.05, 0.1) is 18.8 Å². The molecule has 0 saturated carbocycles. The molecule has 0 rings (SSSR count). The molecule has 4 nitrogen and oxygen atoms in total. The van der Waals surface area contributed by atoms with Gasteiger partial charge in [-0.15, -0.1) is 0 Å². The van der Waals surface area contributed by atoms with E-state index >= 15 is 0 Å². The van der Waals surface area contributed by atoms with E-state index in [2.05, 4.69) is 104 Å². The minimum Gasteiger partial charge on any atom is -0.394 e. The van der Waals surface area contributed by atoms with Gasteiger partial charge in [-0.3, -0.25) is 4.79 Å². The summed E-state index contributed by atoms with van der Waals surface area (Å²) in [6.07, 6.45) is 91.6. The summed E-state index contributed by atoms with van der Waals surface area (Å²) in [6.45, 7) is 4.21. The van der Waals surface area contributed by atoms with Crippen LogP contribution in [0.1, 0.15) is 303 Å². The highest BCUT2D eigenvalue weighted by Gasteiger charge is 2.18. The lowest BCUT2D eigenvalue weighted by Gasteiger charge is -2.20. The molecule has 0 bridgehead atoms. The van der Waals surface area contributed by atoms with Crippen LogP contribution in [-0.4, -0.2) is 34.9 Å². The number of allylic oxidation sites excluding steroid dienone is 15. The molecule has 0 aliphatic heterocycles. The van der Waals surface area contributed by atoms with Crippen molar-refractivity contribution in [3.63, 3.8) is 0 Å². The number of aliphatic hydroxyl groups is 2. The fourth-order valence-electron chi connectivity index (χ4n) is 9.16. The number of unbranched alkanes of at least 4 members (excludes halogenated alkanes) is 35. The number of hydrogen-bond donors (Lipinski definition) is 3. The first-order chi connectivity index (χ1) is 35.2. The van der Waals surface area contributed by atoms with Gasteiger partial charge in [0, 0.05) is 6.42 Å². The molecule has 410 valence electrons. The molecule has 0 heterocycles. The third-order valence-corrected chi connectivity index (χ3v) is 13.8. The van der Waals surface area contributed by atoms with Crippen molar-refractivity contribution < 1.29 is 15.0 Å². The Balaban J connectivity index is 3.50. The van der Waals surface area contributed by atoms with Gasteiger partial charge in [0.15, 0.2) is 0 Å². The lowest BCUT2D eigenvalue weighted by atomic mass is 10.0. The molecule has 0 aliphatic carbocycles. The standard InChI is InChI=1S/C67H119NO3/c1-3-5-7-9-11-13-15-17-19-21-23-25-26-27-28-29-30-31-32-33-34-35-36-37-38-39-40-41-42-43-45-47-49-51-53-55-57-59-61-63-67(71)68-65(64-69)66(70)62-60-58-56-54-52-50-48-46-44-24-22-20-18-16-14-12-10-8-6-4-2/h5,7,11,13,17,19,23,25,27-28,30-31,33-34,60,62,65-66,69-70H,3-4,6,8-10,12,14-16,18,20-22,24,26,29,32,35-59,61,63-64H2,1-2H3,(H,68,71)/b7-5-,13-11-,19-17-,25-23-,28-27-,31-30-,34-33-,62-60+. The predicted octanol–water partition coefficient (Wildman–Crippen LogP) is 20.9. The van der Waals surface area contributed by atoms with Gasteiger partial charge in [0.2, 0.25) is 5.91 Å². The Morgan fingerprint density at radius 3 is 0.930 bits per heavy atom. The number of carbonyl (C=O) groups excluding carboxylic acids is 1. The van der Waals surface area contributed by atoms with Gasteiger partial charge >= 0.3 is 0 Å². The first-order valence-electron chi connectivity index (χ1n) is 31.0. The molecular formula is C67H119NO3. The number of hydrogen-bond acceptors (Lipinski definition) is 3. The minimum atomic E-state index is -0.843. The largest absolute Gasteiger partial charge is 0.394 e. The molecule has 0 radical (unpaired) electrons. The Hall–Kier alpha value is -2.69. The van der Waals surface area contributed by atoms with Crippen molar-refractivity contribution in [1.82, 2.24) is 5.32 Å². The molecular weight excluding hydrogens is 867 g/mol. The van der Waals surface area contributed by atoms with E-state index < -0.39 is 12.1 Å². The van der Waals surface area contributed by atoms with Gasteiger partial charge in [0.25, 0.3) is 0 Å². The minimum absolute atomic E-state index is 0.0626. The van der Waals surface area contributed by atoms with E-state index in [0.717, 1.165) is 70.6 Å². The molecule has 1 amide bonds. The van der Waals surface area contributed by atoms with Gasteiger partial charge in [-0.25, -0.2) is 0 Å². The zero-order valence-electron chi connectivity index (χ0n) is 47.2. The number of rotatable bonds is 56. The SMILES string of the molecule is CC/C=C\C/C=C\C/C=C\C/C=C\C/C=C\C/C=C\C/C=C\CCCCCCCCCCCCCCCCCCCC(=O)NC(CO)C(O)/C=C/CCCCCCCCCCCCCCCCCCCC. The van der Waals surface area contributed by atoms with Crippen LogP contribution in [0.3, 0.4) is 0 Å². The third kappa shape index (κ3) is 58.1. The lowest BCUT2D eigenvalue weighted by Crippen LogP contribution is -2.45. The number of nitrogens with one attached hydrogen (secondary N) is 1. The van der Waals surface area contributed by atoms with Gasteiger partial charge in [-0.1, -0.05) is 317 Å². The summed E-state index contributed by atoms with van der Waals surface area (Å²) in [5.41, 5.74) is 0.